The second kappa shape index (κ2) is 6.02. The summed E-state index contributed by atoms with van der Waals surface area (Å²) >= 11 is 0. The molecule has 1 amide bonds. The van der Waals surface area contributed by atoms with E-state index >= 15 is 0 Å². The van der Waals surface area contributed by atoms with Crippen molar-refractivity contribution in [1.82, 2.24) is 10.3 Å². The third kappa shape index (κ3) is 2.86. The molecule has 0 bridgehead atoms. The topological polar surface area (TPSA) is 91.8 Å². The van der Waals surface area contributed by atoms with Gasteiger partial charge in [-0.3, -0.25) is 4.79 Å². The molecule has 0 spiro atoms. The van der Waals surface area contributed by atoms with Crippen LogP contribution in [0.1, 0.15) is 30.3 Å². The third-order valence-electron chi connectivity index (χ3n) is 3.15. The largest absolute Gasteiger partial charge is 0.398 e. The number of nitrogen functional groups attached to an aromatic ring is 1. The molecule has 2 rings (SSSR count). The number of benzene rings is 1. The van der Waals surface area contributed by atoms with E-state index in [-0.39, 0.29) is 24.1 Å². The molecule has 1 unspecified atom stereocenters. The molecule has 3 N–H and O–H groups in total. The molecule has 0 saturated heterocycles. The normalized spacial score (nSPS) is 11.8. The molecule has 102 valence electrons. The molecule has 0 aliphatic rings. The maximum Gasteiger partial charge on any atom is 0.270 e. The highest BCUT2D eigenvalue weighted by molar-refractivity contribution is 5.99. The molecule has 0 saturated carbocycles. The van der Waals surface area contributed by atoms with Gasteiger partial charge in [0.25, 0.3) is 5.91 Å². The average molecular weight is 268 g/mol. The van der Waals surface area contributed by atoms with Gasteiger partial charge in [0.15, 0.2) is 0 Å². The number of nitriles is 1. The Labute approximate surface area is 117 Å². The highest BCUT2D eigenvalue weighted by atomic mass is 16.1. The first-order chi connectivity index (χ1) is 9.65. The molecule has 5 nitrogen and oxygen atoms in total. The molecule has 20 heavy (non-hydrogen) atoms. The zero-order valence-corrected chi connectivity index (χ0v) is 11.3. The number of amides is 1. The van der Waals surface area contributed by atoms with Crippen molar-refractivity contribution in [3.63, 3.8) is 0 Å². The van der Waals surface area contributed by atoms with Gasteiger partial charge in [0, 0.05) is 17.1 Å². The van der Waals surface area contributed by atoms with E-state index in [1.807, 2.05) is 31.2 Å². The highest BCUT2D eigenvalue weighted by Gasteiger charge is 2.14. The Bertz CT molecular complexity index is 675. The Morgan fingerprint density at radius 1 is 1.50 bits per heavy atom. The molecule has 1 aromatic carbocycles. The summed E-state index contributed by atoms with van der Waals surface area (Å²) in [6.07, 6.45) is 0.980. The monoisotopic (exact) mass is 268 g/mol. The molecular formula is C15H16N4O. The van der Waals surface area contributed by atoms with Gasteiger partial charge >= 0.3 is 0 Å². The van der Waals surface area contributed by atoms with Crippen LogP contribution < -0.4 is 11.1 Å². The van der Waals surface area contributed by atoms with Crippen LogP contribution >= 0.6 is 0 Å². The predicted octanol–water partition coefficient (Wildman–Crippen LogP) is 2.24. The van der Waals surface area contributed by atoms with E-state index in [2.05, 4.69) is 16.4 Å². The molecule has 0 aliphatic heterocycles. The van der Waals surface area contributed by atoms with Crippen molar-refractivity contribution in [2.75, 3.05) is 5.73 Å². The first kappa shape index (κ1) is 13.8. The highest BCUT2D eigenvalue weighted by Crippen LogP contribution is 2.20. The number of carbonyl (C=O) groups is 1. The lowest BCUT2D eigenvalue weighted by Crippen LogP contribution is -2.34. The maximum absolute atomic E-state index is 12.1. The van der Waals surface area contributed by atoms with Gasteiger partial charge in [-0.25, -0.2) is 4.98 Å². The molecule has 0 fully saturated rings. The number of pyridine rings is 1. The first-order valence-corrected chi connectivity index (χ1v) is 6.48. The van der Waals surface area contributed by atoms with Gasteiger partial charge in [-0.1, -0.05) is 25.1 Å². The van der Waals surface area contributed by atoms with Crippen molar-refractivity contribution in [2.45, 2.75) is 25.8 Å². The smallest absolute Gasteiger partial charge is 0.270 e. The van der Waals surface area contributed by atoms with Crippen molar-refractivity contribution < 1.29 is 4.79 Å². The van der Waals surface area contributed by atoms with Crippen LogP contribution in [0.15, 0.2) is 30.3 Å². The fraction of sp³-hybridized carbons (Fsp3) is 0.267. The van der Waals surface area contributed by atoms with Crippen LogP contribution in [-0.2, 0) is 0 Å². The van der Waals surface area contributed by atoms with Gasteiger partial charge in [0.05, 0.1) is 18.0 Å². The predicted molar refractivity (Wildman–Crippen MR) is 77.9 cm³/mol. The number of hydrogen-bond donors (Lipinski definition) is 2. The van der Waals surface area contributed by atoms with Crippen molar-refractivity contribution in [3.8, 4) is 6.07 Å². The Morgan fingerprint density at radius 2 is 2.25 bits per heavy atom. The first-order valence-electron chi connectivity index (χ1n) is 6.48. The number of aromatic nitrogens is 1. The van der Waals surface area contributed by atoms with Crippen LogP contribution in [0.4, 0.5) is 5.69 Å². The van der Waals surface area contributed by atoms with Gasteiger partial charge in [-0.2, -0.15) is 5.26 Å². The fourth-order valence-electron chi connectivity index (χ4n) is 1.99. The van der Waals surface area contributed by atoms with Crippen molar-refractivity contribution in [2.24, 2.45) is 0 Å². The molecule has 0 radical (unpaired) electrons. The molecule has 2 aromatic rings. The summed E-state index contributed by atoms with van der Waals surface area (Å²) in [6.45, 7) is 1.92. The molecular weight excluding hydrogens is 252 g/mol. The Balaban J connectivity index is 2.29. The minimum absolute atomic E-state index is 0.165. The van der Waals surface area contributed by atoms with E-state index in [1.54, 1.807) is 6.07 Å². The van der Waals surface area contributed by atoms with Gasteiger partial charge < -0.3 is 11.1 Å². The van der Waals surface area contributed by atoms with E-state index < -0.39 is 0 Å². The summed E-state index contributed by atoms with van der Waals surface area (Å²) in [5.41, 5.74) is 7.43. The lowest BCUT2D eigenvalue weighted by molar-refractivity contribution is 0.0932. The minimum atomic E-state index is -0.301. The summed E-state index contributed by atoms with van der Waals surface area (Å²) in [4.78, 5) is 16.5. The Morgan fingerprint density at radius 3 is 2.95 bits per heavy atom. The van der Waals surface area contributed by atoms with Gasteiger partial charge in [0.2, 0.25) is 0 Å². The van der Waals surface area contributed by atoms with E-state index in [0.29, 0.717) is 17.6 Å². The van der Waals surface area contributed by atoms with Crippen LogP contribution in [0, 0.1) is 11.3 Å². The van der Waals surface area contributed by atoms with Crippen molar-refractivity contribution >= 4 is 22.5 Å². The number of nitrogens with one attached hydrogen (secondary N) is 1. The van der Waals surface area contributed by atoms with E-state index in [0.717, 1.165) is 5.39 Å². The zero-order chi connectivity index (χ0) is 14.5. The number of nitrogens with two attached hydrogens (primary N) is 1. The minimum Gasteiger partial charge on any atom is -0.398 e. The number of para-hydroxylation sites is 1. The van der Waals surface area contributed by atoms with Crippen LogP contribution in [0.3, 0.4) is 0 Å². The van der Waals surface area contributed by atoms with Gasteiger partial charge in [-0.05, 0) is 18.6 Å². The molecule has 0 aliphatic carbocycles. The molecule has 1 aromatic heterocycles. The molecule has 1 heterocycles. The molecule has 1 atom stereocenters. The van der Waals surface area contributed by atoms with E-state index in [9.17, 15) is 4.79 Å². The lowest BCUT2D eigenvalue weighted by atomic mass is 10.1. The number of anilines is 1. The van der Waals surface area contributed by atoms with E-state index in [1.165, 1.54) is 0 Å². The summed E-state index contributed by atoms with van der Waals surface area (Å²) < 4.78 is 0. The SMILES string of the molecule is CCC(CC#N)NC(=O)c1cc(N)c2ccccc2n1. The Hall–Kier alpha value is -2.61. The fourth-order valence-corrected chi connectivity index (χ4v) is 1.99. The van der Waals surface area contributed by atoms with Crippen LogP contribution in [-0.4, -0.2) is 16.9 Å². The summed E-state index contributed by atoms with van der Waals surface area (Å²) in [5, 5.41) is 12.3. The summed E-state index contributed by atoms with van der Waals surface area (Å²) in [7, 11) is 0. The van der Waals surface area contributed by atoms with Crippen molar-refractivity contribution in [3.05, 3.63) is 36.0 Å². The third-order valence-corrected chi connectivity index (χ3v) is 3.15. The van der Waals surface area contributed by atoms with E-state index in [4.69, 9.17) is 11.0 Å². The zero-order valence-electron chi connectivity index (χ0n) is 11.3. The van der Waals surface area contributed by atoms with Crippen LogP contribution in [0.5, 0.6) is 0 Å². The second-order valence-electron chi connectivity index (χ2n) is 4.55. The standard InChI is InChI=1S/C15H16N4O/c1-2-10(7-8-16)18-15(20)14-9-12(17)11-5-3-4-6-13(11)19-14/h3-6,9-10H,2,7H2,1H3,(H2,17,19)(H,18,20). The quantitative estimate of drug-likeness (QED) is 0.889. The second-order valence-corrected chi connectivity index (χ2v) is 4.55. The number of fused-ring (bicyclic) bond motifs is 1. The Kier molecular flexibility index (Phi) is 4.16. The maximum atomic E-state index is 12.1. The van der Waals surface area contributed by atoms with Crippen LogP contribution in [0.25, 0.3) is 10.9 Å². The summed E-state index contributed by atoms with van der Waals surface area (Å²) in [5.74, 6) is -0.301. The molecule has 5 heteroatoms. The average Bonchev–Trinajstić information content (AvgIpc) is 2.46. The van der Waals surface area contributed by atoms with Gasteiger partial charge in [-0.15, -0.1) is 0 Å². The number of rotatable bonds is 4. The summed E-state index contributed by atoms with van der Waals surface area (Å²) in [6, 6.07) is 10.9. The number of nitrogens with zero attached hydrogens (tertiary/aromatic N) is 2. The lowest BCUT2D eigenvalue weighted by Gasteiger charge is -2.13. The number of hydrogen-bond acceptors (Lipinski definition) is 4. The van der Waals surface area contributed by atoms with Gasteiger partial charge in [0.1, 0.15) is 5.69 Å². The number of carbonyl (C=O) groups excluding carboxylic acids is 1. The van der Waals surface area contributed by atoms with Crippen LogP contribution in [0.2, 0.25) is 0 Å². The van der Waals surface area contributed by atoms with Crippen molar-refractivity contribution in [1.29, 1.82) is 5.26 Å².